The van der Waals surface area contributed by atoms with Gasteiger partial charge in [-0.15, -0.1) is 0 Å². The lowest BCUT2D eigenvalue weighted by Crippen LogP contribution is -2.37. The number of aliphatic hydroxyl groups excluding tert-OH is 1. The third kappa shape index (κ3) is 4.29. The summed E-state index contributed by atoms with van der Waals surface area (Å²) in [4.78, 5) is 2.11. The van der Waals surface area contributed by atoms with Crippen molar-refractivity contribution in [2.45, 2.75) is 25.9 Å². The second-order valence-electron chi connectivity index (χ2n) is 4.64. The maximum Gasteiger partial charge on any atom is 0.122 e. The van der Waals surface area contributed by atoms with Crippen molar-refractivity contribution < 1.29 is 9.84 Å². The van der Waals surface area contributed by atoms with Gasteiger partial charge in [-0.2, -0.15) is 0 Å². The van der Waals surface area contributed by atoms with Crippen LogP contribution in [0, 0.1) is 0 Å². The van der Waals surface area contributed by atoms with Crippen molar-refractivity contribution in [3.05, 3.63) is 29.3 Å². The average Bonchev–Trinajstić information content (AvgIpc) is 2.38. The molecule has 0 aliphatic rings. The number of hydrogen-bond donors (Lipinski definition) is 2. The molecule has 18 heavy (non-hydrogen) atoms. The predicted octanol–water partition coefficient (Wildman–Crippen LogP) is 1.01. The van der Waals surface area contributed by atoms with Gasteiger partial charge in [-0.05, 0) is 30.7 Å². The van der Waals surface area contributed by atoms with Gasteiger partial charge in [0.2, 0.25) is 0 Å². The highest BCUT2D eigenvalue weighted by Gasteiger charge is 2.08. The van der Waals surface area contributed by atoms with Gasteiger partial charge in [0.05, 0.1) is 13.7 Å². The molecule has 0 radical (unpaired) electrons. The third-order valence-electron chi connectivity index (χ3n) is 2.96. The van der Waals surface area contributed by atoms with Crippen molar-refractivity contribution in [2.24, 2.45) is 5.73 Å². The molecule has 1 aromatic rings. The summed E-state index contributed by atoms with van der Waals surface area (Å²) >= 11 is 0. The van der Waals surface area contributed by atoms with E-state index in [9.17, 15) is 0 Å². The van der Waals surface area contributed by atoms with Gasteiger partial charge in [0.15, 0.2) is 0 Å². The Kier molecular flexibility index (Phi) is 6.12. The molecule has 1 rings (SSSR count). The fourth-order valence-corrected chi connectivity index (χ4v) is 2.04. The minimum absolute atomic E-state index is 0.0210. The maximum absolute atomic E-state index is 8.93. The number of ether oxygens (including phenoxy) is 1. The fourth-order valence-electron chi connectivity index (χ4n) is 2.04. The van der Waals surface area contributed by atoms with Crippen LogP contribution in [-0.4, -0.2) is 43.4 Å². The van der Waals surface area contributed by atoms with Crippen molar-refractivity contribution in [1.29, 1.82) is 0 Å². The molecule has 0 aliphatic carbocycles. The Balaban J connectivity index is 2.67. The van der Waals surface area contributed by atoms with Crippen LogP contribution in [0.3, 0.4) is 0 Å². The number of benzene rings is 1. The highest BCUT2D eigenvalue weighted by molar-refractivity contribution is 5.37. The Morgan fingerprint density at radius 1 is 1.44 bits per heavy atom. The van der Waals surface area contributed by atoms with Gasteiger partial charge >= 0.3 is 0 Å². The Morgan fingerprint density at radius 2 is 2.17 bits per heavy atom. The summed E-state index contributed by atoms with van der Waals surface area (Å²) in [6.45, 7) is 3.65. The van der Waals surface area contributed by atoms with Crippen LogP contribution in [0.15, 0.2) is 18.2 Å². The zero-order chi connectivity index (χ0) is 13.5. The Bertz CT molecular complexity index is 369. The van der Waals surface area contributed by atoms with Crippen molar-refractivity contribution in [3.63, 3.8) is 0 Å². The highest BCUT2D eigenvalue weighted by Crippen LogP contribution is 2.20. The number of nitrogens with zero attached hydrogens (tertiary/aromatic N) is 1. The lowest BCUT2D eigenvalue weighted by Gasteiger charge is -2.20. The molecule has 0 spiro atoms. The molecular weight excluding hydrogens is 228 g/mol. The SMILES string of the molecule is CCc1cc(CN(C)CC(N)CO)ccc1OC. The minimum atomic E-state index is -0.182. The molecule has 4 heteroatoms. The molecule has 0 bridgehead atoms. The number of aliphatic hydroxyl groups is 1. The second-order valence-corrected chi connectivity index (χ2v) is 4.64. The molecular formula is C14H24N2O2. The van der Waals surface area contributed by atoms with E-state index < -0.39 is 0 Å². The van der Waals surface area contributed by atoms with Crippen LogP contribution in [0.5, 0.6) is 5.75 Å². The molecule has 0 aromatic heterocycles. The molecule has 0 saturated carbocycles. The molecule has 4 nitrogen and oxygen atoms in total. The predicted molar refractivity (Wildman–Crippen MR) is 73.8 cm³/mol. The number of methoxy groups -OCH3 is 1. The zero-order valence-electron chi connectivity index (χ0n) is 11.5. The number of hydrogen-bond acceptors (Lipinski definition) is 4. The van der Waals surface area contributed by atoms with E-state index in [-0.39, 0.29) is 12.6 Å². The van der Waals surface area contributed by atoms with Gasteiger partial charge in [-0.3, -0.25) is 0 Å². The number of aryl methyl sites for hydroxylation is 1. The van der Waals surface area contributed by atoms with Crippen LogP contribution >= 0.6 is 0 Å². The van der Waals surface area contributed by atoms with Crippen LogP contribution in [0.2, 0.25) is 0 Å². The molecule has 1 aromatic carbocycles. The number of likely N-dealkylation sites (N-methyl/N-ethyl adjacent to an activating group) is 1. The van der Waals surface area contributed by atoms with Crippen molar-refractivity contribution in [1.82, 2.24) is 4.90 Å². The molecule has 0 fully saturated rings. The number of rotatable bonds is 7. The van der Waals surface area contributed by atoms with Gasteiger partial charge in [0, 0.05) is 19.1 Å². The Morgan fingerprint density at radius 3 is 2.72 bits per heavy atom. The summed E-state index contributed by atoms with van der Waals surface area (Å²) in [7, 11) is 3.70. The molecule has 0 aliphatic heterocycles. The van der Waals surface area contributed by atoms with E-state index >= 15 is 0 Å². The van der Waals surface area contributed by atoms with Gasteiger partial charge < -0.3 is 20.5 Å². The van der Waals surface area contributed by atoms with E-state index in [1.807, 2.05) is 13.1 Å². The maximum atomic E-state index is 8.93. The monoisotopic (exact) mass is 252 g/mol. The lowest BCUT2D eigenvalue weighted by atomic mass is 10.1. The molecule has 0 saturated heterocycles. The van der Waals surface area contributed by atoms with Gasteiger partial charge in [-0.25, -0.2) is 0 Å². The first-order chi connectivity index (χ1) is 8.60. The van der Waals surface area contributed by atoms with E-state index in [0.29, 0.717) is 6.54 Å². The summed E-state index contributed by atoms with van der Waals surface area (Å²) in [5.74, 6) is 0.941. The van der Waals surface area contributed by atoms with Crippen molar-refractivity contribution in [2.75, 3.05) is 27.3 Å². The summed E-state index contributed by atoms with van der Waals surface area (Å²) < 4.78 is 5.31. The molecule has 1 atom stereocenters. The molecule has 0 amide bonds. The van der Waals surface area contributed by atoms with Crippen LogP contribution in [-0.2, 0) is 13.0 Å². The largest absolute Gasteiger partial charge is 0.496 e. The highest BCUT2D eigenvalue weighted by atomic mass is 16.5. The first-order valence-electron chi connectivity index (χ1n) is 6.31. The summed E-state index contributed by atoms with van der Waals surface area (Å²) in [6, 6.07) is 6.06. The molecule has 1 unspecified atom stereocenters. The minimum Gasteiger partial charge on any atom is -0.496 e. The van der Waals surface area contributed by atoms with E-state index in [4.69, 9.17) is 15.6 Å². The van der Waals surface area contributed by atoms with Crippen molar-refractivity contribution >= 4 is 0 Å². The van der Waals surface area contributed by atoms with Crippen LogP contribution in [0.25, 0.3) is 0 Å². The first kappa shape index (κ1) is 15.0. The summed E-state index contributed by atoms with van der Waals surface area (Å²) in [6.07, 6.45) is 0.955. The molecule has 0 heterocycles. The van der Waals surface area contributed by atoms with Crippen LogP contribution < -0.4 is 10.5 Å². The van der Waals surface area contributed by atoms with Crippen LogP contribution in [0.1, 0.15) is 18.1 Å². The summed E-state index contributed by atoms with van der Waals surface area (Å²) in [5.41, 5.74) is 8.17. The zero-order valence-corrected chi connectivity index (χ0v) is 11.5. The standard InChI is InChI=1S/C14H24N2O2/c1-4-12-7-11(5-6-14(12)18-3)8-16(2)9-13(15)10-17/h5-7,13,17H,4,8-10,15H2,1-3H3. The normalized spacial score (nSPS) is 12.8. The Labute approximate surface area is 109 Å². The quantitative estimate of drug-likeness (QED) is 0.760. The van der Waals surface area contributed by atoms with Gasteiger partial charge in [0.1, 0.15) is 5.75 Å². The molecule has 3 N–H and O–H groups in total. The third-order valence-corrected chi connectivity index (χ3v) is 2.96. The molecule has 102 valence electrons. The van der Waals surface area contributed by atoms with E-state index in [0.717, 1.165) is 18.7 Å². The smallest absolute Gasteiger partial charge is 0.122 e. The van der Waals surface area contributed by atoms with E-state index in [1.165, 1.54) is 11.1 Å². The van der Waals surface area contributed by atoms with E-state index in [2.05, 4.69) is 24.0 Å². The lowest BCUT2D eigenvalue weighted by molar-refractivity contribution is 0.218. The van der Waals surface area contributed by atoms with Crippen LogP contribution in [0.4, 0.5) is 0 Å². The van der Waals surface area contributed by atoms with Gasteiger partial charge in [-0.1, -0.05) is 19.1 Å². The average molecular weight is 252 g/mol. The van der Waals surface area contributed by atoms with E-state index in [1.54, 1.807) is 7.11 Å². The van der Waals surface area contributed by atoms with Crippen molar-refractivity contribution in [3.8, 4) is 5.75 Å². The second kappa shape index (κ2) is 7.36. The number of nitrogens with two attached hydrogens (primary N) is 1. The topological polar surface area (TPSA) is 58.7 Å². The summed E-state index contributed by atoms with van der Waals surface area (Å²) in [5, 5.41) is 8.93. The fraction of sp³-hybridized carbons (Fsp3) is 0.571. The van der Waals surface area contributed by atoms with Gasteiger partial charge in [0.25, 0.3) is 0 Å². The first-order valence-corrected chi connectivity index (χ1v) is 6.31. The Hall–Kier alpha value is -1.10.